The highest BCUT2D eigenvalue weighted by atomic mass is 32.2. The molecule has 0 aromatic carbocycles. The van der Waals surface area contributed by atoms with Gasteiger partial charge in [0.15, 0.2) is 0 Å². The number of thioether (sulfide) groups is 2. The average Bonchev–Trinajstić information content (AvgIpc) is 1.90. The molecule has 0 saturated carbocycles. The highest BCUT2D eigenvalue weighted by Crippen LogP contribution is 2.37. The smallest absolute Gasteiger partial charge is 0.0963 e. The van der Waals surface area contributed by atoms with Crippen LogP contribution in [0.2, 0.25) is 0 Å². The molecule has 0 aliphatic carbocycles. The van der Waals surface area contributed by atoms with Crippen molar-refractivity contribution in [2.75, 3.05) is 11.5 Å². The maximum absolute atomic E-state index is 10.3. The summed E-state index contributed by atoms with van der Waals surface area (Å²) < 4.78 is 10.7. The summed E-state index contributed by atoms with van der Waals surface area (Å²) in [7, 11) is -0.117. The largest absolute Gasteiger partial charge is 0.349 e. The van der Waals surface area contributed by atoms with Gasteiger partial charge >= 0.3 is 8.46 Å². The summed E-state index contributed by atoms with van der Waals surface area (Å²) in [6, 6.07) is 0. The third-order valence-electron chi connectivity index (χ3n) is 0.923. The zero-order chi connectivity index (χ0) is 5.82. The van der Waals surface area contributed by atoms with Crippen LogP contribution in [0, 0.1) is 0 Å². The van der Waals surface area contributed by atoms with Crippen molar-refractivity contribution < 1.29 is 4.57 Å². The lowest BCUT2D eigenvalue weighted by Crippen LogP contribution is -1.98. The van der Waals surface area contributed by atoms with Crippen molar-refractivity contribution in [3.63, 3.8) is 0 Å². The van der Waals surface area contributed by atoms with Crippen LogP contribution in [0.5, 0.6) is 0 Å². The first kappa shape index (κ1) is 6.91. The molecule has 1 fully saturated rings. The lowest BCUT2D eigenvalue weighted by Gasteiger charge is -2.08. The third-order valence-corrected chi connectivity index (χ3v) is 5.16. The van der Waals surface area contributed by atoms with E-state index in [1.165, 1.54) is 17.9 Å². The van der Waals surface area contributed by atoms with Gasteiger partial charge in [0.25, 0.3) is 0 Å². The van der Waals surface area contributed by atoms with Crippen LogP contribution in [0.15, 0.2) is 0 Å². The molecule has 46 valence electrons. The van der Waals surface area contributed by atoms with Crippen LogP contribution in [0.25, 0.3) is 0 Å². The molecular weight excluding hydrogens is 159 g/mol. The predicted octanol–water partition coefficient (Wildman–Crippen LogP) is 2.16. The Labute approximate surface area is 59.2 Å². The highest BCUT2D eigenvalue weighted by Gasteiger charge is 2.19. The molecule has 1 heterocycles. The summed E-state index contributed by atoms with van der Waals surface area (Å²) in [6.07, 6.45) is 1.29. The quantitative estimate of drug-likeness (QED) is 0.557. The molecule has 1 nitrogen and oxygen atoms in total. The van der Waals surface area contributed by atoms with Crippen LogP contribution in [0.4, 0.5) is 0 Å². The zero-order valence-electron chi connectivity index (χ0n) is 4.42. The minimum atomic E-state index is -0.117. The molecule has 4 heteroatoms. The molecule has 1 aliphatic heterocycles. The van der Waals surface area contributed by atoms with E-state index in [1.807, 2.05) is 23.5 Å². The fourth-order valence-corrected chi connectivity index (χ4v) is 4.00. The summed E-state index contributed by atoms with van der Waals surface area (Å²) in [5.74, 6) is 2.40. The van der Waals surface area contributed by atoms with Gasteiger partial charge in [-0.05, 0) is 17.9 Å². The Balaban J connectivity index is 2.22. The van der Waals surface area contributed by atoms with Crippen molar-refractivity contribution in [3.8, 4) is 0 Å². The van der Waals surface area contributed by atoms with Gasteiger partial charge in [0.2, 0.25) is 4.32 Å². The molecule has 0 radical (unpaired) electrons. The standard InChI is InChI=1S/C4H7OPS2/c5-6-4-7-2-1-3-8-4/h4H,1-3H2/p+1. The van der Waals surface area contributed by atoms with E-state index in [-0.39, 0.29) is 8.46 Å². The van der Waals surface area contributed by atoms with E-state index in [0.717, 1.165) is 0 Å². The highest BCUT2D eigenvalue weighted by molar-refractivity contribution is 8.22. The molecular formula is C4H8OPS2+. The maximum Gasteiger partial charge on any atom is 0.349 e. The van der Waals surface area contributed by atoms with E-state index in [2.05, 4.69) is 0 Å². The summed E-state index contributed by atoms with van der Waals surface area (Å²) in [4.78, 5) is 0. The minimum Gasteiger partial charge on any atom is -0.0963 e. The van der Waals surface area contributed by atoms with Crippen LogP contribution >= 0.6 is 32.0 Å². The van der Waals surface area contributed by atoms with Gasteiger partial charge in [0.1, 0.15) is 0 Å². The molecule has 1 unspecified atom stereocenters. The first-order chi connectivity index (χ1) is 3.93. The third kappa shape index (κ3) is 1.96. The fraction of sp³-hybridized carbons (Fsp3) is 1.00. The van der Waals surface area contributed by atoms with Gasteiger partial charge in [-0.2, -0.15) is 0 Å². The van der Waals surface area contributed by atoms with E-state index >= 15 is 0 Å². The van der Waals surface area contributed by atoms with Crippen molar-refractivity contribution in [2.45, 2.75) is 10.7 Å². The first-order valence-corrected chi connectivity index (χ1v) is 5.62. The van der Waals surface area contributed by atoms with E-state index < -0.39 is 0 Å². The van der Waals surface area contributed by atoms with Gasteiger partial charge in [-0.15, -0.1) is 0 Å². The molecule has 0 amide bonds. The average molecular weight is 167 g/mol. The SMILES string of the molecule is O=[PH+]C1SCCCS1. The maximum atomic E-state index is 10.3. The van der Waals surface area contributed by atoms with Crippen molar-refractivity contribution in [1.29, 1.82) is 0 Å². The van der Waals surface area contributed by atoms with E-state index in [1.54, 1.807) is 0 Å². The van der Waals surface area contributed by atoms with Crippen LogP contribution in [0.1, 0.15) is 6.42 Å². The summed E-state index contributed by atoms with van der Waals surface area (Å²) in [6.45, 7) is 0. The molecule has 1 rings (SSSR count). The van der Waals surface area contributed by atoms with Crippen molar-refractivity contribution in [1.82, 2.24) is 0 Å². The Kier molecular flexibility index (Phi) is 3.25. The summed E-state index contributed by atoms with van der Waals surface area (Å²) in [5, 5.41) is 0. The Hall–Kier alpha value is 0.800. The van der Waals surface area contributed by atoms with Gasteiger partial charge in [0, 0.05) is 0 Å². The second-order valence-electron chi connectivity index (χ2n) is 1.54. The van der Waals surface area contributed by atoms with E-state index in [9.17, 15) is 4.57 Å². The van der Waals surface area contributed by atoms with Gasteiger partial charge in [-0.25, -0.2) is 0 Å². The van der Waals surface area contributed by atoms with Crippen molar-refractivity contribution in [2.24, 2.45) is 0 Å². The van der Waals surface area contributed by atoms with Crippen molar-refractivity contribution >= 4 is 32.0 Å². The van der Waals surface area contributed by atoms with Crippen LogP contribution in [-0.2, 0) is 4.57 Å². The predicted molar refractivity (Wildman–Crippen MR) is 42.3 cm³/mol. The van der Waals surface area contributed by atoms with Crippen LogP contribution in [0.3, 0.4) is 0 Å². The van der Waals surface area contributed by atoms with Crippen LogP contribution in [-0.4, -0.2) is 15.8 Å². The summed E-state index contributed by atoms with van der Waals surface area (Å²) in [5.41, 5.74) is 0. The Bertz CT molecular complexity index is 82.1. The van der Waals surface area contributed by atoms with E-state index in [4.69, 9.17) is 0 Å². The first-order valence-electron chi connectivity index (χ1n) is 2.54. The number of rotatable bonds is 1. The van der Waals surface area contributed by atoms with Crippen molar-refractivity contribution in [3.05, 3.63) is 0 Å². The number of hydrogen-bond acceptors (Lipinski definition) is 3. The second-order valence-corrected chi connectivity index (χ2v) is 5.92. The Morgan fingerprint density at radius 3 is 2.38 bits per heavy atom. The fourth-order valence-electron chi connectivity index (χ4n) is 0.556. The lowest BCUT2D eigenvalue weighted by atomic mass is 10.6. The van der Waals surface area contributed by atoms with Gasteiger partial charge < -0.3 is 0 Å². The van der Waals surface area contributed by atoms with Gasteiger partial charge in [-0.1, -0.05) is 28.1 Å². The minimum absolute atomic E-state index is 0.117. The second kappa shape index (κ2) is 3.76. The molecule has 0 N–H and O–H groups in total. The monoisotopic (exact) mass is 167 g/mol. The van der Waals surface area contributed by atoms with Gasteiger partial charge in [-0.3, -0.25) is 0 Å². The normalized spacial score (nSPS) is 24.0. The molecule has 1 atom stereocenters. The van der Waals surface area contributed by atoms with Gasteiger partial charge in [0.05, 0.1) is 0 Å². The Morgan fingerprint density at radius 2 is 2.00 bits per heavy atom. The molecule has 0 spiro atoms. The Morgan fingerprint density at radius 1 is 1.38 bits per heavy atom. The molecule has 1 aliphatic rings. The molecule has 1 saturated heterocycles. The zero-order valence-corrected chi connectivity index (χ0v) is 7.06. The van der Waals surface area contributed by atoms with Crippen LogP contribution < -0.4 is 0 Å². The molecule has 0 aromatic rings. The van der Waals surface area contributed by atoms with E-state index in [0.29, 0.717) is 4.32 Å². The molecule has 8 heavy (non-hydrogen) atoms. The topological polar surface area (TPSA) is 17.1 Å². The number of hydrogen-bond donors (Lipinski definition) is 0. The molecule has 0 bridgehead atoms. The summed E-state index contributed by atoms with van der Waals surface area (Å²) >= 11 is 3.65. The molecule has 0 aromatic heterocycles. The lowest BCUT2D eigenvalue weighted by molar-refractivity contribution is 0.600.